The first-order valence-electron chi connectivity index (χ1n) is 10.3. The van der Waals surface area contributed by atoms with Crippen LogP contribution in [0.5, 0.6) is 0 Å². The predicted octanol–water partition coefficient (Wildman–Crippen LogP) is 5.26. The Morgan fingerprint density at radius 1 is 1.15 bits per heavy atom. The molecule has 7 nitrogen and oxygen atoms in total. The standard InChI is InChI=1S/C26H16N4O3S/c1-16-6-11-21-23(12-16)34-26(29-21)30(25(32)18-9-7-17(13-27)8-10-18)28-14-19-15-33-22-5-3-2-4-20(22)24(19)31/h2-12,14-15H,1H3/b28-14+. The Hall–Kier alpha value is -4.61. The topological polar surface area (TPSA) is 99.6 Å². The van der Waals surface area contributed by atoms with Gasteiger partial charge in [-0.3, -0.25) is 9.59 Å². The van der Waals surface area contributed by atoms with Gasteiger partial charge in [0.15, 0.2) is 0 Å². The number of para-hydroxylation sites is 1. The molecule has 0 unspecified atom stereocenters. The van der Waals surface area contributed by atoms with Crippen molar-refractivity contribution >= 4 is 49.8 Å². The highest BCUT2D eigenvalue weighted by Gasteiger charge is 2.21. The maximum atomic E-state index is 13.4. The molecule has 8 heteroatoms. The van der Waals surface area contributed by atoms with Crippen LogP contribution in [-0.2, 0) is 0 Å². The second-order valence-electron chi connectivity index (χ2n) is 7.53. The lowest BCUT2D eigenvalue weighted by Gasteiger charge is -2.13. The monoisotopic (exact) mass is 464 g/mol. The average molecular weight is 465 g/mol. The number of hydrazone groups is 1. The van der Waals surface area contributed by atoms with Gasteiger partial charge in [-0.25, -0.2) is 4.98 Å². The molecular weight excluding hydrogens is 448 g/mol. The Morgan fingerprint density at radius 2 is 1.94 bits per heavy atom. The summed E-state index contributed by atoms with van der Waals surface area (Å²) >= 11 is 1.32. The number of hydrogen-bond donors (Lipinski definition) is 0. The Bertz CT molecular complexity index is 1680. The number of rotatable bonds is 4. The summed E-state index contributed by atoms with van der Waals surface area (Å²) in [6.07, 6.45) is 2.62. The molecule has 0 radical (unpaired) electrons. The fraction of sp³-hybridized carbons (Fsp3) is 0.0385. The van der Waals surface area contributed by atoms with Crippen molar-refractivity contribution in [3.05, 3.63) is 105 Å². The minimum absolute atomic E-state index is 0.202. The Balaban J connectivity index is 1.59. The first-order chi connectivity index (χ1) is 16.5. The van der Waals surface area contributed by atoms with Crippen molar-refractivity contribution in [1.29, 1.82) is 5.26 Å². The number of anilines is 1. The van der Waals surface area contributed by atoms with Gasteiger partial charge in [0.2, 0.25) is 10.6 Å². The summed E-state index contributed by atoms with van der Waals surface area (Å²) < 4.78 is 6.47. The van der Waals surface area contributed by atoms with Gasteiger partial charge in [0.1, 0.15) is 11.8 Å². The second kappa shape index (κ2) is 8.73. The molecule has 164 valence electrons. The lowest BCUT2D eigenvalue weighted by Crippen LogP contribution is -2.26. The van der Waals surface area contributed by atoms with E-state index < -0.39 is 5.91 Å². The number of aryl methyl sites for hydroxylation is 1. The molecule has 34 heavy (non-hydrogen) atoms. The van der Waals surface area contributed by atoms with Gasteiger partial charge in [0.25, 0.3) is 5.91 Å². The predicted molar refractivity (Wildman–Crippen MR) is 132 cm³/mol. The summed E-state index contributed by atoms with van der Waals surface area (Å²) in [6, 6.07) is 21.0. The van der Waals surface area contributed by atoms with Gasteiger partial charge in [0.05, 0.1) is 39.0 Å². The van der Waals surface area contributed by atoms with E-state index in [4.69, 9.17) is 9.68 Å². The molecule has 0 N–H and O–H groups in total. The van der Waals surface area contributed by atoms with Crippen LogP contribution < -0.4 is 10.4 Å². The summed E-state index contributed by atoms with van der Waals surface area (Å²) in [4.78, 5) is 30.8. The van der Waals surface area contributed by atoms with Crippen LogP contribution in [-0.4, -0.2) is 17.1 Å². The van der Waals surface area contributed by atoms with E-state index in [0.717, 1.165) is 20.8 Å². The number of amides is 1. The van der Waals surface area contributed by atoms with Crippen LogP contribution in [0.4, 0.5) is 5.13 Å². The number of nitrogens with zero attached hydrogens (tertiary/aromatic N) is 4. The van der Waals surface area contributed by atoms with E-state index in [1.165, 1.54) is 23.8 Å². The van der Waals surface area contributed by atoms with Gasteiger partial charge in [-0.15, -0.1) is 0 Å². The zero-order chi connectivity index (χ0) is 23.7. The van der Waals surface area contributed by atoms with Gasteiger partial charge >= 0.3 is 0 Å². The molecule has 0 aliphatic rings. The highest BCUT2D eigenvalue weighted by molar-refractivity contribution is 7.22. The molecule has 2 heterocycles. The smallest absolute Gasteiger partial charge is 0.280 e. The number of aromatic nitrogens is 1. The quantitative estimate of drug-likeness (QED) is 0.267. The number of hydrogen-bond acceptors (Lipinski definition) is 7. The molecule has 0 atom stereocenters. The van der Waals surface area contributed by atoms with E-state index in [2.05, 4.69) is 10.1 Å². The maximum Gasteiger partial charge on any atom is 0.280 e. The van der Waals surface area contributed by atoms with E-state index in [1.807, 2.05) is 31.2 Å². The van der Waals surface area contributed by atoms with Crippen molar-refractivity contribution in [2.24, 2.45) is 5.10 Å². The van der Waals surface area contributed by atoms with Crippen LogP contribution in [0.25, 0.3) is 21.2 Å². The fourth-order valence-electron chi connectivity index (χ4n) is 3.41. The third-order valence-electron chi connectivity index (χ3n) is 5.19. The molecular formula is C26H16N4O3S. The SMILES string of the molecule is Cc1ccc2nc(N(/N=C/c3coc4ccccc4c3=O)C(=O)c3ccc(C#N)cc3)sc2c1. The third kappa shape index (κ3) is 3.96. The third-order valence-corrected chi connectivity index (χ3v) is 6.18. The molecule has 0 spiro atoms. The summed E-state index contributed by atoms with van der Waals surface area (Å²) in [5, 5.41) is 15.3. The van der Waals surface area contributed by atoms with E-state index in [0.29, 0.717) is 27.2 Å². The van der Waals surface area contributed by atoms with Gasteiger partial charge < -0.3 is 4.42 Å². The van der Waals surface area contributed by atoms with E-state index in [9.17, 15) is 9.59 Å². The molecule has 0 aliphatic heterocycles. The minimum Gasteiger partial charge on any atom is -0.463 e. The van der Waals surface area contributed by atoms with E-state index in [-0.39, 0.29) is 11.0 Å². The number of nitriles is 1. The van der Waals surface area contributed by atoms with Gasteiger partial charge in [-0.05, 0) is 61.0 Å². The van der Waals surface area contributed by atoms with Crippen molar-refractivity contribution in [2.45, 2.75) is 6.92 Å². The molecule has 1 amide bonds. The first kappa shape index (κ1) is 21.2. The number of carbonyl (C=O) groups excluding carboxylic acids is 1. The molecule has 2 aromatic heterocycles. The highest BCUT2D eigenvalue weighted by atomic mass is 32.1. The lowest BCUT2D eigenvalue weighted by molar-refractivity contribution is 0.0988. The van der Waals surface area contributed by atoms with E-state index in [1.54, 1.807) is 48.5 Å². The summed E-state index contributed by atoms with van der Waals surface area (Å²) in [5.74, 6) is -0.443. The summed E-state index contributed by atoms with van der Waals surface area (Å²) in [5.41, 5.74) is 3.00. The minimum atomic E-state index is -0.443. The van der Waals surface area contributed by atoms with Gasteiger partial charge in [-0.1, -0.05) is 29.5 Å². The van der Waals surface area contributed by atoms with Crippen LogP contribution in [0.3, 0.4) is 0 Å². The van der Waals surface area contributed by atoms with Crippen LogP contribution in [0, 0.1) is 18.3 Å². The summed E-state index contributed by atoms with van der Waals surface area (Å²) in [7, 11) is 0. The molecule has 3 aromatic carbocycles. The van der Waals surface area contributed by atoms with Gasteiger partial charge in [0, 0.05) is 5.56 Å². The van der Waals surface area contributed by atoms with Crippen molar-refractivity contribution in [3.63, 3.8) is 0 Å². The zero-order valence-corrected chi connectivity index (χ0v) is 18.7. The molecule has 0 saturated carbocycles. The normalized spacial score (nSPS) is 11.2. The lowest BCUT2D eigenvalue weighted by atomic mass is 10.1. The molecule has 0 saturated heterocycles. The van der Waals surface area contributed by atoms with Crippen LogP contribution in [0.15, 0.2) is 87.3 Å². The molecule has 0 aliphatic carbocycles. The van der Waals surface area contributed by atoms with Crippen LogP contribution in [0.1, 0.15) is 27.0 Å². The average Bonchev–Trinajstić information content (AvgIpc) is 3.28. The number of carbonyl (C=O) groups is 1. The number of fused-ring (bicyclic) bond motifs is 2. The van der Waals surface area contributed by atoms with Gasteiger partial charge in [-0.2, -0.15) is 15.4 Å². The molecule has 5 aromatic rings. The Kier molecular flexibility index (Phi) is 5.46. The highest BCUT2D eigenvalue weighted by Crippen LogP contribution is 2.30. The second-order valence-corrected chi connectivity index (χ2v) is 8.54. The zero-order valence-electron chi connectivity index (χ0n) is 17.9. The van der Waals surface area contributed by atoms with Crippen molar-refractivity contribution in [1.82, 2.24) is 4.98 Å². The Morgan fingerprint density at radius 3 is 2.74 bits per heavy atom. The largest absolute Gasteiger partial charge is 0.463 e. The van der Waals surface area contributed by atoms with E-state index >= 15 is 0 Å². The fourth-order valence-corrected chi connectivity index (χ4v) is 4.43. The molecule has 0 bridgehead atoms. The van der Waals surface area contributed by atoms with Crippen molar-refractivity contribution < 1.29 is 9.21 Å². The molecule has 0 fully saturated rings. The number of thiazole rings is 1. The van der Waals surface area contributed by atoms with Crippen LogP contribution >= 0.6 is 11.3 Å². The summed E-state index contributed by atoms with van der Waals surface area (Å²) in [6.45, 7) is 1.98. The Labute approximate surface area is 197 Å². The van der Waals surface area contributed by atoms with Crippen LogP contribution in [0.2, 0.25) is 0 Å². The number of benzene rings is 3. The van der Waals surface area contributed by atoms with Crippen molar-refractivity contribution in [2.75, 3.05) is 5.01 Å². The first-order valence-corrected chi connectivity index (χ1v) is 11.1. The molecule has 5 rings (SSSR count). The maximum absolute atomic E-state index is 13.4. The van der Waals surface area contributed by atoms with Crippen molar-refractivity contribution in [3.8, 4) is 6.07 Å².